The van der Waals surface area contributed by atoms with E-state index in [9.17, 15) is 4.79 Å². The van der Waals surface area contributed by atoms with Gasteiger partial charge in [0.2, 0.25) is 5.58 Å². The molecule has 23 heavy (non-hydrogen) atoms. The zero-order valence-electron chi connectivity index (χ0n) is 12.3. The minimum absolute atomic E-state index is 0.253. The molecule has 0 saturated carbocycles. The molecule has 0 fully saturated rings. The molecule has 0 radical (unpaired) electrons. The molecular weight excluding hydrogens is 360 g/mol. The van der Waals surface area contributed by atoms with E-state index in [2.05, 4.69) is 30.9 Å². The maximum Gasteiger partial charge on any atom is 0.294 e. The van der Waals surface area contributed by atoms with Gasteiger partial charge >= 0.3 is 0 Å². The summed E-state index contributed by atoms with van der Waals surface area (Å²) in [5.74, 6) is 1.53. The lowest BCUT2D eigenvalue weighted by Crippen LogP contribution is -2.14. The highest BCUT2D eigenvalue weighted by atomic mass is 79.9. The second kappa shape index (κ2) is 5.34. The van der Waals surface area contributed by atoms with Crippen molar-refractivity contribution in [1.29, 1.82) is 0 Å². The van der Waals surface area contributed by atoms with E-state index in [4.69, 9.17) is 4.42 Å². The maximum atomic E-state index is 12.3. The topological polar surface area (TPSA) is 76.7 Å². The Morgan fingerprint density at radius 1 is 1.39 bits per heavy atom. The molecule has 4 aromatic rings. The lowest BCUT2D eigenvalue weighted by Gasteiger charge is -2.05. The Labute approximate surface area is 139 Å². The number of nitrogens with one attached hydrogen (secondary N) is 1. The van der Waals surface area contributed by atoms with Crippen molar-refractivity contribution < 1.29 is 4.42 Å². The van der Waals surface area contributed by atoms with Gasteiger partial charge in [0.05, 0.1) is 6.54 Å². The highest BCUT2D eigenvalue weighted by Gasteiger charge is 2.14. The van der Waals surface area contributed by atoms with Gasteiger partial charge in [-0.15, -0.1) is 0 Å². The highest BCUT2D eigenvalue weighted by Crippen LogP contribution is 2.27. The first kappa shape index (κ1) is 14.2. The fourth-order valence-corrected chi connectivity index (χ4v) is 3.07. The highest BCUT2D eigenvalue weighted by molar-refractivity contribution is 9.10. The SMILES string of the molecule is CCc1nccn1Cc1nc2c(oc3ccc(Br)cc32)c(=O)[nH]1. The smallest absolute Gasteiger partial charge is 0.294 e. The summed E-state index contributed by atoms with van der Waals surface area (Å²) in [5.41, 5.74) is 1.21. The molecule has 1 aromatic carbocycles. The maximum absolute atomic E-state index is 12.3. The summed E-state index contributed by atoms with van der Waals surface area (Å²) in [4.78, 5) is 24.0. The minimum atomic E-state index is -0.268. The van der Waals surface area contributed by atoms with Crippen LogP contribution in [-0.2, 0) is 13.0 Å². The number of aryl methyl sites for hydroxylation is 1. The first-order valence-corrected chi connectivity index (χ1v) is 8.06. The van der Waals surface area contributed by atoms with E-state index >= 15 is 0 Å². The average Bonchev–Trinajstić information content (AvgIpc) is 3.12. The third-order valence-electron chi connectivity index (χ3n) is 3.77. The van der Waals surface area contributed by atoms with Crippen molar-refractivity contribution >= 4 is 38.0 Å². The molecule has 0 saturated heterocycles. The van der Waals surface area contributed by atoms with E-state index in [1.165, 1.54) is 0 Å². The Morgan fingerprint density at radius 3 is 3.09 bits per heavy atom. The molecule has 0 unspecified atom stereocenters. The van der Waals surface area contributed by atoms with Crippen LogP contribution in [0.4, 0.5) is 0 Å². The number of aromatic nitrogens is 4. The van der Waals surface area contributed by atoms with E-state index in [1.807, 2.05) is 35.9 Å². The third-order valence-corrected chi connectivity index (χ3v) is 4.27. The van der Waals surface area contributed by atoms with Crippen molar-refractivity contribution in [3.63, 3.8) is 0 Å². The number of H-pyrrole nitrogens is 1. The predicted molar refractivity (Wildman–Crippen MR) is 90.5 cm³/mol. The number of halogens is 1. The van der Waals surface area contributed by atoms with E-state index in [0.717, 1.165) is 22.1 Å². The van der Waals surface area contributed by atoms with Gasteiger partial charge in [0.15, 0.2) is 0 Å². The molecule has 0 aliphatic rings. The molecular formula is C16H13BrN4O2. The first-order chi connectivity index (χ1) is 11.2. The van der Waals surface area contributed by atoms with Crippen molar-refractivity contribution in [3.8, 4) is 0 Å². The van der Waals surface area contributed by atoms with Gasteiger partial charge in [-0.3, -0.25) is 4.79 Å². The van der Waals surface area contributed by atoms with Gasteiger partial charge in [0.1, 0.15) is 22.7 Å². The Hall–Kier alpha value is -2.41. The number of imidazole rings is 1. The van der Waals surface area contributed by atoms with Gasteiger partial charge in [-0.1, -0.05) is 22.9 Å². The van der Waals surface area contributed by atoms with E-state index < -0.39 is 0 Å². The van der Waals surface area contributed by atoms with Gasteiger partial charge in [-0.25, -0.2) is 9.97 Å². The number of hydrogen-bond donors (Lipinski definition) is 1. The molecule has 4 rings (SSSR count). The quantitative estimate of drug-likeness (QED) is 0.598. The van der Waals surface area contributed by atoms with Gasteiger partial charge < -0.3 is 14.0 Å². The Balaban J connectivity index is 1.90. The van der Waals surface area contributed by atoms with Gasteiger partial charge in [-0.05, 0) is 18.2 Å². The van der Waals surface area contributed by atoms with Crippen LogP contribution in [0, 0.1) is 0 Å². The molecule has 6 nitrogen and oxygen atoms in total. The lowest BCUT2D eigenvalue weighted by molar-refractivity contribution is 0.653. The molecule has 0 bridgehead atoms. The number of rotatable bonds is 3. The summed E-state index contributed by atoms with van der Waals surface area (Å²) in [6.07, 6.45) is 4.45. The Bertz CT molecular complexity index is 1080. The molecule has 3 aromatic heterocycles. The Kier molecular flexibility index (Phi) is 3.30. The van der Waals surface area contributed by atoms with Crippen LogP contribution in [0.25, 0.3) is 22.1 Å². The van der Waals surface area contributed by atoms with Crippen LogP contribution in [0.15, 0.2) is 44.3 Å². The fourth-order valence-electron chi connectivity index (χ4n) is 2.71. The zero-order valence-corrected chi connectivity index (χ0v) is 13.9. The van der Waals surface area contributed by atoms with Gasteiger partial charge in [-0.2, -0.15) is 0 Å². The standard InChI is InChI=1S/C16H13BrN4O2/c1-2-13-18-5-6-21(13)8-12-19-14-10-7-9(17)3-4-11(10)23-15(14)16(22)20-12/h3-7H,2,8H2,1H3,(H,19,20,22). The molecule has 0 amide bonds. The number of aromatic amines is 1. The van der Waals surface area contributed by atoms with Crippen molar-refractivity contribution in [2.24, 2.45) is 0 Å². The predicted octanol–water partition coefficient (Wildman–Crippen LogP) is 3.24. The van der Waals surface area contributed by atoms with Crippen LogP contribution < -0.4 is 5.56 Å². The number of fused-ring (bicyclic) bond motifs is 3. The van der Waals surface area contributed by atoms with Crippen molar-refractivity contribution in [2.75, 3.05) is 0 Å². The van der Waals surface area contributed by atoms with Gasteiger partial charge in [0.25, 0.3) is 5.56 Å². The summed E-state index contributed by atoms with van der Waals surface area (Å²) in [6.45, 7) is 2.51. The summed E-state index contributed by atoms with van der Waals surface area (Å²) in [7, 11) is 0. The monoisotopic (exact) mass is 372 g/mol. The first-order valence-electron chi connectivity index (χ1n) is 7.26. The molecule has 7 heteroatoms. The molecule has 0 aliphatic carbocycles. The molecule has 116 valence electrons. The van der Waals surface area contributed by atoms with Crippen LogP contribution in [0.3, 0.4) is 0 Å². The second-order valence-electron chi connectivity index (χ2n) is 5.26. The molecule has 0 spiro atoms. The molecule has 1 N–H and O–H groups in total. The van der Waals surface area contributed by atoms with E-state index in [0.29, 0.717) is 23.5 Å². The normalized spacial score (nSPS) is 11.6. The number of furan rings is 1. The lowest BCUT2D eigenvalue weighted by atomic mass is 10.2. The fraction of sp³-hybridized carbons (Fsp3) is 0.188. The second-order valence-corrected chi connectivity index (χ2v) is 6.17. The average molecular weight is 373 g/mol. The number of hydrogen-bond acceptors (Lipinski definition) is 4. The van der Waals surface area contributed by atoms with Crippen LogP contribution in [0.2, 0.25) is 0 Å². The largest absolute Gasteiger partial charge is 0.449 e. The summed E-state index contributed by atoms with van der Waals surface area (Å²) in [5, 5.41) is 0.822. The van der Waals surface area contributed by atoms with Crippen LogP contribution in [0.1, 0.15) is 18.6 Å². The molecule has 0 aliphatic heterocycles. The van der Waals surface area contributed by atoms with Crippen LogP contribution in [0.5, 0.6) is 0 Å². The van der Waals surface area contributed by atoms with E-state index in [-0.39, 0.29) is 11.1 Å². The van der Waals surface area contributed by atoms with Crippen LogP contribution >= 0.6 is 15.9 Å². The summed E-state index contributed by atoms with van der Waals surface area (Å²) >= 11 is 3.44. The minimum Gasteiger partial charge on any atom is -0.449 e. The third kappa shape index (κ3) is 2.37. The van der Waals surface area contributed by atoms with Crippen molar-refractivity contribution in [3.05, 3.63) is 57.1 Å². The zero-order chi connectivity index (χ0) is 16.0. The molecule has 0 atom stereocenters. The van der Waals surface area contributed by atoms with Gasteiger partial charge in [0, 0.05) is 28.7 Å². The van der Waals surface area contributed by atoms with Crippen molar-refractivity contribution in [1.82, 2.24) is 19.5 Å². The number of benzene rings is 1. The van der Waals surface area contributed by atoms with Crippen LogP contribution in [-0.4, -0.2) is 19.5 Å². The number of nitrogens with zero attached hydrogens (tertiary/aromatic N) is 3. The summed E-state index contributed by atoms with van der Waals surface area (Å²) in [6, 6.07) is 5.61. The Morgan fingerprint density at radius 2 is 2.26 bits per heavy atom. The summed E-state index contributed by atoms with van der Waals surface area (Å²) < 4.78 is 8.52. The van der Waals surface area contributed by atoms with Crippen molar-refractivity contribution in [2.45, 2.75) is 19.9 Å². The van der Waals surface area contributed by atoms with E-state index in [1.54, 1.807) is 6.20 Å². The molecule has 3 heterocycles.